The van der Waals surface area contributed by atoms with E-state index in [1.54, 1.807) is 18.3 Å². The van der Waals surface area contributed by atoms with Crippen LogP contribution in [0, 0.1) is 5.82 Å². The van der Waals surface area contributed by atoms with Gasteiger partial charge in [0.05, 0.1) is 0 Å². The van der Waals surface area contributed by atoms with E-state index in [0.717, 1.165) is 17.1 Å². The Hall–Kier alpha value is -1.55. The van der Waals surface area contributed by atoms with Crippen molar-refractivity contribution in [3.8, 4) is 0 Å². The molecule has 88 valence electrons. The molecule has 0 amide bonds. The highest BCUT2D eigenvalue weighted by atomic mass is 32.2. The van der Waals surface area contributed by atoms with E-state index in [2.05, 4.69) is 10.3 Å². The number of rotatable bonds is 4. The molecule has 0 atom stereocenters. The zero-order valence-electron chi connectivity index (χ0n) is 9.48. The monoisotopic (exact) mass is 248 g/mol. The fourth-order valence-corrected chi connectivity index (χ4v) is 2.25. The fourth-order valence-electron chi connectivity index (χ4n) is 1.38. The van der Waals surface area contributed by atoms with E-state index in [0.29, 0.717) is 4.90 Å². The summed E-state index contributed by atoms with van der Waals surface area (Å²) in [6.45, 7) is 0. The minimum absolute atomic E-state index is 0.169. The highest BCUT2D eigenvalue weighted by molar-refractivity contribution is 7.98. The minimum atomic E-state index is -0.169. The van der Waals surface area contributed by atoms with E-state index >= 15 is 0 Å². The molecule has 4 heteroatoms. The van der Waals surface area contributed by atoms with Crippen LogP contribution in [0.25, 0.3) is 0 Å². The molecule has 1 heterocycles. The van der Waals surface area contributed by atoms with Crippen LogP contribution in [0.5, 0.6) is 0 Å². The average molecular weight is 248 g/mol. The van der Waals surface area contributed by atoms with Crippen molar-refractivity contribution in [1.29, 1.82) is 0 Å². The molecule has 1 aromatic heterocycles. The summed E-state index contributed by atoms with van der Waals surface area (Å²) in [7, 11) is 1.83. The number of aromatic nitrogens is 1. The van der Waals surface area contributed by atoms with Gasteiger partial charge in [-0.15, -0.1) is 11.8 Å². The third kappa shape index (κ3) is 3.20. The van der Waals surface area contributed by atoms with Crippen LogP contribution in [-0.4, -0.2) is 12.0 Å². The lowest BCUT2D eigenvalue weighted by molar-refractivity contribution is 0.602. The molecule has 0 unspecified atom stereocenters. The van der Waals surface area contributed by atoms with Crippen LogP contribution in [0.15, 0.2) is 47.5 Å². The lowest BCUT2D eigenvalue weighted by atomic mass is 10.3. The van der Waals surface area contributed by atoms with E-state index in [4.69, 9.17) is 0 Å². The fraction of sp³-hybridized carbons (Fsp3) is 0.154. The van der Waals surface area contributed by atoms with Crippen molar-refractivity contribution in [3.63, 3.8) is 0 Å². The predicted molar refractivity (Wildman–Crippen MR) is 69.7 cm³/mol. The van der Waals surface area contributed by atoms with Crippen LogP contribution >= 0.6 is 11.8 Å². The topological polar surface area (TPSA) is 24.9 Å². The second-order valence-electron chi connectivity index (χ2n) is 3.52. The van der Waals surface area contributed by atoms with Gasteiger partial charge in [-0.1, -0.05) is 18.2 Å². The van der Waals surface area contributed by atoms with Crippen LogP contribution < -0.4 is 5.32 Å². The molecule has 0 aliphatic heterocycles. The standard InChI is InChI=1S/C13H13FN2S/c1-15-13-7-6-10(8-16-13)9-17-12-5-3-2-4-11(12)14/h2-8H,9H2,1H3,(H,15,16). The molecule has 0 saturated heterocycles. The van der Waals surface area contributed by atoms with Gasteiger partial charge in [-0.25, -0.2) is 9.37 Å². The Bertz CT molecular complexity index is 485. The van der Waals surface area contributed by atoms with Crippen molar-refractivity contribution in [2.24, 2.45) is 0 Å². The number of anilines is 1. The first-order valence-corrected chi connectivity index (χ1v) is 6.28. The number of benzene rings is 1. The molecule has 17 heavy (non-hydrogen) atoms. The molecule has 0 bridgehead atoms. The Morgan fingerprint density at radius 1 is 1.24 bits per heavy atom. The Balaban J connectivity index is 2.00. The third-order valence-corrected chi connectivity index (χ3v) is 3.43. The van der Waals surface area contributed by atoms with Gasteiger partial charge in [-0.05, 0) is 23.8 Å². The predicted octanol–water partition coefficient (Wildman–Crippen LogP) is 3.55. The molecule has 0 radical (unpaired) electrons. The van der Waals surface area contributed by atoms with Crippen molar-refractivity contribution < 1.29 is 4.39 Å². The van der Waals surface area contributed by atoms with E-state index in [1.165, 1.54) is 17.8 Å². The third-order valence-electron chi connectivity index (χ3n) is 2.31. The van der Waals surface area contributed by atoms with Gasteiger partial charge in [0, 0.05) is 23.9 Å². The molecular weight excluding hydrogens is 235 g/mol. The Labute approximate surface area is 104 Å². The molecule has 2 nitrogen and oxygen atoms in total. The van der Waals surface area contributed by atoms with Gasteiger partial charge in [0.2, 0.25) is 0 Å². The van der Waals surface area contributed by atoms with Crippen LogP contribution in [0.3, 0.4) is 0 Å². The summed E-state index contributed by atoms with van der Waals surface area (Å²) in [4.78, 5) is 4.89. The molecule has 1 N–H and O–H groups in total. The molecule has 0 aliphatic carbocycles. The summed E-state index contributed by atoms with van der Waals surface area (Å²) in [5, 5.41) is 2.96. The van der Waals surface area contributed by atoms with Gasteiger partial charge < -0.3 is 5.32 Å². The lowest BCUT2D eigenvalue weighted by Crippen LogP contribution is -1.92. The minimum Gasteiger partial charge on any atom is -0.373 e. The van der Waals surface area contributed by atoms with Crippen molar-refractivity contribution in [2.45, 2.75) is 10.6 Å². The summed E-state index contributed by atoms with van der Waals surface area (Å²) in [6, 6.07) is 10.7. The van der Waals surface area contributed by atoms with Gasteiger partial charge in [0.15, 0.2) is 0 Å². The summed E-state index contributed by atoms with van der Waals surface area (Å²) >= 11 is 1.48. The highest BCUT2D eigenvalue weighted by Crippen LogP contribution is 2.25. The molecule has 0 saturated carbocycles. The number of pyridine rings is 1. The molecule has 2 rings (SSSR count). The van der Waals surface area contributed by atoms with Crippen LogP contribution in [0.2, 0.25) is 0 Å². The van der Waals surface area contributed by atoms with E-state index in [9.17, 15) is 4.39 Å². The first-order valence-electron chi connectivity index (χ1n) is 5.29. The molecular formula is C13H13FN2S. The van der Waals surface area contributed by atoms with E-state index in [1.807, 2.05) is 25.2 Å². The van der Waals surface area contributed by atoms with Crippen molar-refractivity contribution in [2.75, 3.05) is 12.4 Å². The molecule has 0 aliphatic rings. The zero-order chi connectivity index (χ0) is 12.1. The Morgan fingerprint density at radius 2 is 2.06 bits per heavy atom. The maximum Gasteiger partial charge on any atom is 0.136 e. The van der Waals surface area contributed by atoms with Crippen molar-refractivity contribution in [1.82, 2.24) is 4.98 Å². The van der Waals surface area contributed by atoms with Crippen LogP contribution in [0.1, 0.15) is 5.56 Å². The average Bonchev–Trinajstić information content (AvgIpc) is 2.38. The summed E-state index contributed by atoms with van der Waals surface area (Å²) in [6.07, 6.45) is 1.81. The van der Waals surface area contributed by atoms with Crippen LogP contribution in [0.4, 0.5) is 10.2 Å². The first kappa shape index (κ1) is 11.9. The second kappa shape index (κ2) is 5.68. The van der Waals surface area contributed by atoms with Gasteiger partial charge in [-0.2, -0.15) is 0 Å². The lowest BCUT2D eigenvalue weighted by Gasteiger charge is -2.04. The quantitative estimate of drug-likeness (QED) is 0.837. The largest absolute Gasteiger partial charge is 0.373 e. The first-order chi connectivity index (χ1) is 8.29. The molecule has 2 aromatic rings. The Morgan fingerprint density at radius 3 is 2.71 bits per heavy atom. The summed E-state index contributed by atoms with van der Waals surface area (Å²) < 4.78 is 13.4. The van der Waals surface area contributed by atoms with Gasteiger partial charge in [0.25, 0.3) is 0 Å². The van der Waals surface area contributed by atoms with E-state index in [-0.39, 0.29) is 5.82 Å². The number of halogens is 1. The maximum atomic E-state index is 13.4. The van der Waals surface area contributed by atoms with E-state index < -0.39 is 0 Å². The smallest absolute Gasteiger partial charge is 0.136 e. The normalized spacial score (nSPS) is 10.2. The van der Waals surface area contributed by atoms with Gasteiger partial charge in [-0.3, -0.25) is 0 Å². The number of hydrogen-bond acceptors (Lipinski definition) is 3. The zero-order valence-corrected chi connectivity index (χ0v) is 10.3. The molecule has 0 fully saturated rings. The van der Waals surface area contributed by atoms with Gasteiger partial charge in [0.1, 0.15) is 11.6 Å². The number of nitrogens with one attached hydrogen (secondary N) is 1. The SMILES string of the molecule is CNc1ccc(CSc2ccccc2F)cn1. The number of thioether (sulfide) groups is 1. The molecule has 1 aromatic carbocycles. The number of hydrogen-bond donors (Lipinski definition) is 1. The van der Waals surface area contributed by atoms with Crippen molar-refractivity contribution >= 4 is 17.6 Å². The van der Waals surface area contributed by atoms with Crippen LogP contribution in [-0.2, 0) is 5.75 Å². The summed E-state index contributed by atoms with van der Waals surface area (Å²) in [5.41, 5.74) is 1.08. The van der Waals surface area contributed by atoms with Gasteiger partial charge >= 0.3 is 0 Å². The number of nitrogens with zero attached hydrogens (tertiary/aromatic N) is 1. The molecule has 0 spiro atoms. The highest BCUT2D eigenvalue weighted by Gasteiger charge is 2.02. The maximum absolute atomic E-state index is 13.4. The van der Waals surface area contributed by atoms with Crippen molar-refractivity contribution in [3.05, 3.63) is 54.0 Å². The second-order valence-corrected chi connectivity index (χ2v) is 4.54. The Kier molecular flexibility index (Phi) is 3.98. The summed E-state index contributed by atoms with van der Waals surface area (Å²) in [5.74, 6) is 1.39.